The first kappa shape index (κ1) is 34.3. The summed E-state index contributed by atoms with van der Waals surface area (Å²) in [4.78, 5) is 36.6. The summed E-state index contributed by atoms with van der Waals surface area (Å²) in [6, 6.07) is 27.1. The van der Waals surface area contributed by atoms with Crippen molar-refractivity contribution in [2.75, 3.05) is 22.9 Å². The smallest absolute Gasteiger partial charge is 0.416 e. The molecule has 4 aromatic rings. The molecule has 2 aromatic heterocycles. The number of nitrogens with zero attached hydrogens (tertiary/aromatic N) is 4. The van der Waals surface area contributed by atoms with Crippen LogP contribution in [0.1, 0.15) is 82.1 Å². The number of aromatic nitrogens is 2. The molecule has 8 nitrogen and oxygen atoms in total. The quantitative estimate of drug-likeness (QED) is 0.200. The highest BCUT2D eigenvalue weighted by atomic mass is 16.6. The van der Waals surface area contributed by atoms with Gasteiger partial charge in [0.05, 0.1) is 13.1 Å². The lowest BCUT2D eigenvalue weighted by molar-refractivity contribution is -0.0152. The van der Waals surface area contributed by atoms with Crippen molar-refractivity contribution in [3.05, 3.63) is 120 Å². The average molecular weight is 667 g/mol. The van der Waals surface area contributed by atoms with Gasteiger partial charge in [-0.2, -0.15) is 0 Å². The van der Waals surface area contributed by atoms with Gasteiger partial charge in [-0.1, -0.05) is 87.3 Å². The fourth-order valence-corrected chi connectivity index (χ4v) is 6.04. The summed E-state index contributed by atoms with van der Waals surface area (Å²) in [6.45, 7) is 9.26. The van der Waals surface area contributed by atoms with Crippen molar-refractivity contribution in [1.82, 2.24) is 9.97 Å². The van der Waals surface area contributed by atoms with Crippen molar-refractivity contribution in [3.8, 4) is 23.7 Å². The lowest BCUT2D eigenvalue weighted by Crippen LogP contribution is -2.43. The number of ether oxygens (including phenoxy) is 2. The summed E-state index contributed by atoms with van der Waals surface area (Å²) in [5.41, 5.74) is 2.55. The Bertz CT molecular complexity index is 1930. The van der Waals surface area contributed by atoms with Gasteiger partial charge in [0, 0.05) is 40.1 Å². The zero-order valence-electron chi connectivity index (χ0n) is 29.1. The van der Waals surface area contributed by atoms with E-state index in [9.17, 15) is 9.59 Å². The summed E-state index contributed by atoms with van der Waals surface area (Å²) in [7, 11) is 0. The summed E-state index contributed by atoms with van der Waals surface area (Å²) >= 11 is 0. The van der Waals surface area contributed by atoms with Crippen LogP contribution in [-0.4, -0.2) is 46.4 Å². The zero-order valence-corrected chi connectivity index (χ0v) is 29.1. The summed E-state index contributed by atoms with van der Waals surface area (Å²) in [6.07, 6.45) is 8.16. The minimum Gasteiger partial charge on any atom is -0.441 e. The van der Waals surface area contributed by atoms with E-state index in [1.54, 1.807) is 22.2 Å². The standard InChI is InChI=1S/C21H20N2O2.C21H22N2O2/c24-20-23(16-21(25-20)13-5-2-6-14-21)19-12-11-18(15-22-19)10-9-17-7-3-1-4-8-17;1-20(2,3)21(4)15-23(19(24)25-21)18-13-12-17(14-22-18)11-10-16-8-6-5-7-9-16/h1,3-4,7-8,11-12,15H,2,5-6,13-14,16H2;5-9,12-14H,15H2,1-4H3. The number of hydrogen-bond donors (Lipinski definition) is 0. The van der Waals surface area contributed by atoms with Crippen molar-refractivity contribution in [1.29, 1.82) is 0 Å². The highest BCUT2D eigenvalue weighted by Crippen LogP contribution is 2.40. The molecule has 1 saturated carbocycles. The van der Waals surface area contributed by atoms with Crippen molar-refractivity contribution in [2.45, 2.75) is 71.0 Å². The van der Waals surface area contributed by atoms with Crippen molar-refractivity contribution in [3.63, 3.8) is 0 Å². The molecule has 0 N–H and O–H groups in total. The van der Waals surface area contributed by atoms with Crippen molar-refractivity contribution in [2.24, 2.45) is 5.41 Å². The Kier molecular flexibility index (Phi) is 9.93. The van der Waals surface area contributed by atoms with Gasteiger partial charge in [-0.15, -0.1) is 0 Å². The van der Waals surface area contributed by atoms with Crippen LogP contribution in [-0.2, 0) is 9.47 Å². The van der Waals surface area contributed by atoms with Gasteiger partial charge in [0.25, 0.3) is 0 Å². The number of pyridine rings is 2. The summed E-state index contributed by atoms with van der Waals surface area (Å²) in [5, 5.41) is 0. The van der Waals surface area contributed by atoms with E-state index < -0.39 is 5.60 Å². The lowest BCUT2D eigenvalue weighted by Gasteiger charge is -2.35. The van der Waals surface area contributed by atoms with Gasteiger partial charge in [-0.05, 0) is 81.1 Å². The van der Waals surface area contributed by atoms with Crippen LogP contribution in [0.15, 0.2) is 97.3 Å². The fraction of sp³-hybridized carbons (Fsp3) is 0.333. The van der Waals surface area contributed by atoms with Crippen LogP contribution >= 0.6 is 0 Å². The van der Waals surface area contributed by atoms with Crippen molar-refractivity contribution < 1.29 is 19.1 Å². The number of carbonyl (C=O) groups is 2. The monoisotopic (exact) mass is 666 g/mol. The Balaban J connectivity index is 0.000000173. The van der Waals surface area contributed by atoms with Crippen LogP contribution in [0.5, 0.6) is 0 Å². The molecule has 1 atom stereocenters. The molecule has 1 aliphatic carbocycles. The predicted octanol–water partition coefficient (Wildman–Crippen LogP) is 8.38. The average Bonchev–Trinajstić information content (AvgIpc) is 3.63. The molecule has 8 heteroatoms. The molecular formula is C42H42N4O4. The first-order valence-electron chi connectivity index (χ1n) is 17.1. The maximum Gasteiger partial charge on any atom is 0.416 e. The fourth-order valence-electron chi connectivity index (χ4n) is 6.04. The molecule has 2 amide bonds. The Morgan fingerprint density at radius 2 is 1.06 bits per heavy atom. The van der Waals surface area contributed by atoms with Gasteiger partial charge in [0.15, 0.2) is 0 Å². The second-order valence-corrected chi connectivity index (χ2v) is 14.2. The Hall–Kier alpha value is -5.60. The van der Waals surface area contributed by atoms with Gasteiger partial charge in [0.2, 0.25) is 0 Å². The predicted molar refractivity (Wildman–Crippen MR) is 195 cm³/mol. The normalized spacial score (nSPS) is 19.3. The van der Waals surface area contributed by atoms with E-state index in [1.165, 1.54) is 6.42 Å². The number of cyclic esters (lactones) is 1. The molecule has 2 aromatic carbocycles. The zero-order chi connectivity index (χ0) is 35.2. The first-order chi connectivity index (χ1) is 24.0. The molecule has 0 bridgehead atoms. The molecule has 7 rings (SSSR count). The van der Waals surface area contributed by atoms with Crippen LogP contribution < -0.4 is 9.80 Å². The number of benzene rings is 2. The molecule has 50 heavy (non-hydrogen) atoms. The third-order valence-corrected chi connectivity index (χ3v) is 9.61. The maximum absolute atomic E-state index is 12.3. The van der Waals surface area contributed by atoms with Crippen LogP contribution in [0, 0.1) is 29.1 Å². The van der Waals surface area contributed by atoms with E-state index in [-0.39, 0.29) is 23.2 Å². The van der Waals surface area contributed by atoms with E-state index in [0.29, 0.717) is 24.7 Å². The highest BCUT2D eigenvalue weighted by molar-refractivity contribution is 5.90. The van der Waals surface area contributed by atoms with Gasteiger partial charge in [0.1, 0.15) is 22.8 Å². The molecule has 1 unspecified atom stereocenters. The largest absolute Gasteiger partial charge is 0.441 e. The minimum absolute atomic E-state index is 0.154. The van der Waals surface area contributed by atoms with Crippen LogP contribution in [0.4, 0.5) is 21.2 Å². The summed E-state index contributed by atoms with van der Waals surface area (Å²) in [5.74, 6) is 13.6. The number of carbonyl (C=O) groups excluding carboxylic acids is 2. The molecule has 1 spiro atoms. The molecule has 3 aliphatic rings. The van der Waals surface area contributed by atoms with Gasteiger partial charge in [-0.25, -0.2) is 19.6 Å². The number of hydrogen-bond acceptors (Lipinski definition) is 6. The van der Waals surface area contributed by atoms with E-state index in [1.807, 2.05) is 91.9 Å². The van der Waals surface area contributed by atoms with Crippen LogP contribution in [0.25, 0.3) is 0 Å². The van der Waals surface area contributed by atoms with E-state index in [0.717, 1.165) is 47.9 Å². The molecule has 3 fully saturated rings. The molecule has 2 aliphatic heterocycles. The third-order valence-electron chi connectivity index (χ3n) is 9.61. The molecular weight excluding hydrogens is 624 g/mol. The van der Waals surface area contributed by atoms with Gasteiger partial charge in [-0.3, -0.25) is 9.80 Å². The van der Waals surface area contributed by atoms with E-state index in [2.05, 4.69) is 54.4 Å². The number of rotatable bonds is 2. The van der Waals surface area contributed by atoms with Gasteiger partial charge < -0.3 is 9.47 Å². The van der Waals surface area contributed by atoms with Gasteiger partial charge >= 0.3 is 12.2 Å². The molecule has 254 valence electrons. The second-order valence-electron chi connectivity index (χ2n) is 14.2. The van der Waals surface area contributed by atoms with E-state index in [4.69, 9.17) is 9.47 Å². The molecule has 4 heterocycles. The van der Waals surface area contributed by atoms with Crippen LogP contribution in [0.2, 0.25) is 0 Å². The summed E-state index contributed by atoms with van der Waals surface area (Å²) < 4.78 is 11.3. The van der Waals surface area contributed by atoms with Crippen molar-refractivity contribution >= 4 is 23.8 Å². The van der Waals surface area contributed by atoms with E-state index >= 15 is 0 Å². The second kappa shape index (κ2) is 14.5. The lowest BCUT2D eigenvalue weighted by atomic mass is 9.78. The van der Waals surface area contributed by atoms with Crippen LogP contribution in [0.3, 0.4) is 0 Å². The molecule has 2 saturated heterocycles. The maximum atomic E-state index is 12.3. The number of amides is 2. The Labute approximate surface area is 294 Å². The Morgan fingerprint density at radius 1 is 0.600 bits per heavy atom. The highest BCUT2D eigenvalue weighted by Gasteiger charge is 2.50. The number of anilines is 2. The topological polar surface area (TPSA) is 84.9 Å². The molecule has 0 radical (unpaired) electrons. The minimum atomic E-state index is -0.544. The third kappa shape index (κ3) is 7.98. The first-order valence-corrected chi connectivity index (χ1v) is 17.1. The SMILES string of the molecule is CC(C)(C)C1(C)CN(c2ccc(C#Cc3ccccc3)cn2)C(=O)O1.O=C1OC2(CCCCC2)CN1c1ccc(C#Cc2ccccc2)cn1. The Morgan fingerprint density at radius 3 is 1.50 bits per heavy atom.